The van der Waals surface area contributed by atoms with E-state index in [9.17, 15) is 10.2 Å². The molecule has 2 aromatic carbocycles. The van der Waals surface area contributed by atoms with Gasteiger partial charge in [0.1, 0.15) is 5.75 Å². The number of benzene rings is 2. The van der Waals surface area contributed by atoms with Gasteiger partial charge in [-0.1, -0.05) is 32.0 Å². The van der Waals surface area contributed by atoms with Crippen LogP contribution in [-0.4, -0.2) is 16.3 Å². The third-order valence-corrected chi connectivity index (χ3v) is 3.69. The fourth-order valence-electron chi connectivity index (χ4n) is 2.36. The predicted octanol–water partition coefficient (Wildman–Crippen LogP) is 3.34. The summed E-state index contributed by atoms with van der Waals surface area (Å²) < 4.78 is 0. The Labute approximate surface area is 120 Å². The van der Waals surface area contributed by atoms with Crippen molar-refractivity contribution in [1.82, 2.24) is 0 Å². The number of fused-ring (bicyclic) bond motifs is 1. The molecule has 0 saturated carbocycles. The highest BCUT2D eigenvalue weighted by Gasteiger charge is 2.17. The molecule has 0 amide bonds. The Morgan fingerprint density at radius 2 is 1.65 bits per heavy atom. The molecule has 0 saturated heterocycles. The number of hydrogen-bond acceptors (Lipinski definition) is 3. The molecule has 3 heteroatoms. The Hall–Kier alpha value is -1.58. The summed E-state index contributed by atoms with van der Waals surface area (Å²) in [4.78, 5) is 0. The molecule has 0 aliphatic rings. The molecule has 3 nitrogen and oxygen atoms in total. The molecule has 4 N–H and O–H groups in total. The van der Waals surface area contributed by atoms with E-state index in [1.165, 1.54) is 0 Å². The second kappa shape index (κ2) is 6.25. The molecule has 20 heavy (non-hydrogen) atoms. The van der Waals surface area contributed by atoms with Crippen molar-refractivity contribution in [1.29, 1.82) is 0 Å². The molecule has 0 aliphatic heterocycles. The molecule has 108 valence electrons. The summed E-state index contributed by atoms with van der Waals surface area (Å²) in [5.74, 6) is 0.822. The minimum absolute atomic E-state index is 0.256. The van der Waals surface area contributed by atoms with Gasteiger partial charge in [-0.25, -0.2) is 0 Å². The molecule has 2 rings (SSSR count). The summed E-state index contributed by atoms with van der Waals surface area (Å²) in [7, 11) is 0. The van der Waals surface area contributed by atoms with Gasteiger partial charge in [0.25, 0.3) is 0 Å². The maximum absolute atomic E-state index is 10.2. The molecular formula is C17H23NO2. The van der Waals surface area contributed by atoms with E-state index in [0.717, 1.165) is 22.8 Å². The Bertz CT molecular complexity index is 580. The maximum Gasteiger partial charge on any atom is 0.116 e. The summed E-state index contributed by atoms with van der Waals surface area (Å²) in [6.07, 6.45) is 1.16. The van der Waals surface area contributed by atoms with E-state index >= 15 is 0 Å². The second-order valence-corrected chi connectivity index (χ2v) is 5.86. The molecule has 0 heterocycles. The number of aliphatic hydroxyl groups is 1. The van der Waals surface area contributed by atoms with Gasteiger partial charge in [-0.3, -0.25) is 0 Å². The van der Waals surface area contributed by atoms with E-state index in [-0.39, 0.29) is 11.8 Å². The van der Waals surface area contributed by atoms with Crippen LogP contribution >= 0.6 is 0 Å². The minimum Gasteiger partial charge on any atom is -0.508 e. The first kappa shape index (κ1) is 14.8. The molecule has 0 aromatic heterocycles. The summed E-state index contributed by atoms with van der Waals surface area (Å²) in [5, 5.41) is 21.6. The van der Waals surface area contributed by atoms with Gasteiger partial charge < -0.3 is 15.9 Å². The van der Waals surface area contributed by atoms with Crippen LogP contribution in [-0.2, 0) is 0 Å². The molecule has 0 bridgehead atoms. The zero-order chi connectivity index (χ0) is 14.7. The van der Waals surface area contributed by atoms with Crippen LogP contribution in [0.15, 0.2) is 36.4 Å². The summed E-state index contributed by atoms with van der Waals surface area (Å²) in [5.41, 5.74) is 7.08. The first-order valence-corrected chi connectivity index (χ1v) is 7.13. The molecule has 0 aliphatic carbocycles. The van der Waals surface area contributed by atoms with E-state index in [2.05, 4.69) is 13.8 Å². The average molecular weight is 273 g/mol. The number of phenolic OH excluding ortho intramolecular Hbond substituents is 1. The lowest BCUT2D eigenvalue weighted by atomic mass is 9.94. The van der Waals surface area contributed by atoms with Gasteiger partial charge >= 0.3 is 0 Å². The number of aromatic hydroxyl groups is 1. The minimum atomic E-state index is -0.521. The number of nitrogens with two attached hydrogens (primary N) is 1. The van der Waals surface area contributed by atoms with Gasteiger partial charge in [0.2, 0.25) is 0 Å². The molecule has 0 fully saturated rings. The van der Waals surface area contributed by atoms with Crippen LogP contribution in [0.25, 0.3) is 10.8 Å². The molecule has 0 unspecified atom stereocenters. The highest BCUT2D eigenvalue weighted by molar-refractivity contribution is 5.84. The van der Waals surface area contributed by atoms with Crippen LogP contribution in [0.3, 0.4) is 0 Å². The fourth-order valence-corrected chi connectivity index (χ4v) is 2.36. The number of aliphatic hydroxyl groups excluding tert-OH is 1. The Balaban J connectivity index is 2.17. The van der Waals surface area contributed by atoms with Crippen LogP contribution < -0.4 is 5.73 Å². The SMILES string of the molecule is CC(C)CC[C@@H](O)[C@@H](N)c1ccc2cc(O)ccc2c1. The standard InChI is InChI=1S/C17H23NO2/c1-11(2)3-8-16(20)17(18)14-5-4-13-10-15(19)7-6-12(13)9-14/h4-7,9-11,16-17,19-20H,3,8,18H2,1-2H3/t16-,17+/m1/s1. The molecule has 0 radical (unpaired) electrons. The van der Waals surface area contributed by atoms with E-state index < -0.39 is 6.10 Å². The van der Waals surface area contributed by atoms with Gasteiger partial charge in [0, 0.05) is 0 Å². The first-order valence-electron chi connectivity index (χ1n) is 7.13. The lowest BCUT2D eigenvalue weighted by Gasteiger charge is -2.20. The van der Waals surface area contributed by atoms with Crippen LogP contribution in [0.5, 0.6) is 5.75 Å². The lowest BCUT2D eigenvalue weighted by Crippen LogP contribution is -2.26. The van der Waals surface area contributed by atoms with Gasteiger partial charge in [0.15, 0.2) is 0 Å². The van der Waals surface area contributed by atoms with Gasteiger partial charge in [-0.05, 0) is 53.3 Å². The van der Waals surface area contributed by atoms with Gasteiger partial charge in [-0.15, -0.1) is 0 Å². The molecule has 2 atom stereocenters. The monoisotopic (exact) mass is 273 g/mol. The van der Waals surface area contributed by atoms with E-state index in [0.29, 0.717) is 12.3 Å². The number of hydrogen-bond donors (Lipinski definition) is 3. The van der Waals surface area contributed by atoms with Crippen molar-refractivity contribution in [2.45, 2.75) is 38.8 Å². The number of rotatable bonds is 5. The van der Waals surface area contributed by atoms with Gasteiger partial charge in [-0.2, -0.15) is 0 Å². The Kier molecular flexibility index (Phi) is 4.63. The van der Waals surface area contributed by atoms with Crippen molar-refractivity contribution in [3.63, 3.8) is 0 Å². The smallest absolute Gasteiger partial charge is 0.116 e. The lowest BCUT2D eigenvalue weighted by molar-refractivity contribution is 0.128. The molecule has 2 aromatic rings. The summed E-state index contributed by atoms with van der Waals surface area (Å²) >= 11 is 0. The summed E-state index contributed by atoms with van der Waals surface area (Å²) in [6.45, 7) is 4.28. The van der Waals surface area contributed by atoms with Crippen molar-refractivity contribution in [3.05, 3.63) is 42.0 Å². The first-order chi connectivity index (χ1) is 9.47. The largest absolute Gasteiger partial charge is 0.508 e. The zero-order valence-corrected chi connectivity index (χ0v) is 12.1. The average Bonchev–Trinajstić information content (AvgIpc) is 2.43. The quantitative estimate of drug-likeness (QED) is 0.782. The fraction of sp³-hybridized carbons (Fsp3) is 0.412. The Morgan fingerprint density at radius 1 is 1.00 bits per heavy atom. The molecule has 0 spiro atoms. The normalized spacial score (nSPS) is 14.7. The third-order valence-electron chi connectivity index (χ3n) is 3.69. The van der Waals surface area contributed by atoms with E-state index in [1.807, 2.05) is 24.3 Å². The number of phenols is 1. The maximum atomic E-state index is 10.2. The van der Waals surface area contributed by atoms with Crippen LogP contribution in [0.2, 0.25) is 0 Å². The Morgan fingerprint density at radius 3 is 2.35 bits per heavy atom. The van der Waals surface area contributed by atoms with E-state index in [1.54, 1.807) is 12.1 Å². The zero-order valence-electron chi connectivity index (χ0n) is 12.1. The summed E-state index contributed by atoms with van der Waals surface area (Å²) in [6, 6.07) is 10.7. The van der Waals surface area contributed by atoms with Crippen molar-refractivity contribution in [2.24, 2.45) is 11.7 Å². The predicted molar refractivity (Wildman–Crippen MR) is 82.6 cm³/mol. The molecular weight excluding hydrogens is 250 g/mol. The van der Waals surface area contributed by atoms with Crippen molar-refractivity contribution in [3.8, 4) is 5.75 Å². The van der Waals surface area contributed by atoms with E-state index in [4.69, 9.17) is 5.73 Å². The second-order valence-electron chi connectivity index (χ2n) is 5.86. The van der Waals surface area contributed by atoms with Crippen molar-refractivity contribution < 1.29 is 10.2 Å². The topological polar surface area (TPSA) is 66.5 Å². The third kappa shape index (κ3) is 3.50. The highest BCUT2D eigenvalue weighted by Crippen LogP contribution is 2.25. The van der Waals surface area contributed by atoms with Gasteiger partial charge in [0.05, 0.1) is 12.1 Å². The van der Waals surface area contributed by atoms with Crippen molar-refractivity contribution in [2.75, 3.05) is 0 Å². The van der Waals surface area contributed by atoms with Crippen LogP contribution in [0.4, 0.5) is 0 Å². The van der Waals surface area contributed by atoms with Crippen molar-refractivity contribution >= 4 is 10.8 Å². The highest BCUT2D eigenvalue weighted by atomic mass is 16.3. The van der Waals surface area contributed by atoms with Crippen LogP contribution in [0.1, 0.15) is 38.3 Å². The van der Waals surface area contributed by atoms with Crippen LogP contribution in [0, 0.1) is 5.92 Å².